The first-order valence-electron chi connectivity index (χ1n) is 7.82. The smallest absolute Gasteiger partial charge is 0.234 e. The minimum Gasteiger partial charge on any atom is -0.376 e. The number of aryl methyl sites for hydroxylation is 1. The Morgan fingerprint density at radius 3 is 3.04 bits per heavy atom. The highest BCUT2D eigenvalue weighted by Crippen LogP contribution is 2.23. The van der Waals surface area contributed by atoms with Gasteiger partial charge in [0.05, 0.1) is 29.1 Å². The van der Waals surface area contributed by atoms with Crippen LogP contribution in [0.5, 0.6) is 0 Å². The SMILES string of the molecule is Cc1nnc(SCC(=O)Nc2ccccc2Cl)n1C[C@H]1CCCO1. The van der Waals surface area contributed by atoms with Gasteiger partial charge in [-0.2, -0.15) is 0 Å². The second-order valence-electron chi connectivity index (χ2n) is 5.59. The van der Waals surface area contributed by atoms with Crippen LogP contribution in [0.3, 0.4) is 0 Å². The number of benzene rings is 1. The largest absolute Gasteiger partial charge is 0.376 e. The number of ether oxygens (including phenoxy) is 1. The Morgan fingerprint density at radius 2 is 2.29 bits per heavy atom. The molecule has 0 spiro atoms. The molecule has 0 bridgehead atoms. The van der Waals surface area contributed by atoms with Crippen molar-refractivity contribution in [3.63, 3.8) is 0 Å². The van der Waals surface area contributed by atoms with Gasteiger partial charge in [0.25, 0.3) is 0 Å². The highest BCUT2D eigenvalue weighted by Gasteiger charge is 2.20. The molecule has 1 fully saturated rings. The van der Waals surface area contributed by atoms with Crippen LogP contribution in [0, 0.1) is 6.92 Å². The van der Waals surface area contributed by atoms with Gasteiger partial charge in [-0.25, -0.2) is 0 Å². The third kappa shape index (κ3) is 4.28. The molecule has 1 atom stereocenters. The van der Waals surface area contributed by atoms with Crippen LogP contribution >= 0.6 is 23.4 Å². The van der Waals surface area contributed by atoms with Gasteiger partial charge < -0.3 is 14.6 Å². The lowest BCUT2D eigenvalue weighted by Crippen LogP contribution is -2.18. The normalized spacial score (nSPS) is 17.2. The summed E-state index contributed by atoms with van der Waals surface area (Å²) >= 11 is 7.41. The fraction of sp³-hybridized carbons (Fsp3) is 0.438. The van der Waals surface area contributed by atoms with Gasteiger partial charge in [0, 0.05) is 6.61 Å². The Labute approximate surface area is 149 Å². The first-order valence-corrected chi connectivity index (χ1v) is 9.18. The minimum absolute atomic E-state index is 0.127. The molecule has 0 aliphatic carbocycles. The fourth-order valence-corrected chi connectivity index (χ4v) is 3.53. The Kier molecular flexibility index (Phi) is 5.76. The lowest BCUT2D eigenvalue weighted by molar-refractivity contribution is -0.113. The molecule has 1 aromatic carbocycles. The summed E-state index contributed by atoms with van der Waals surface area (Å²) in [6.07, 6.45) is 2.35. The second kappa shape index (κ2) is 8.00. The molecule has 1 N–H and O–H groups in total. The summed E-state index contributed by atoms with van der Waals surface area (Å²) in [4.78, 5) is 12.1. The zero-order chi connectivity index (χ0) is 16.9. The molecule has 0 unspecified atom stereocenters. The Hall–Kier alpha value is -1.57. The van der Waals surface area contributed by atoms with E-state index in [0.29, 0.717) is 10.7 Å². The number of nitrogens with zero attached hydrogens (tertiary/aromatic N) is 3. The van der Waals surface area contributed by atoms with Crippen LogP contribution in [0.4, 0.5) is 5.69 Å². The molecular weight excluding hydrogens is 348 g/mol. The molecule has 1 saturated heterocycles. The molecule has 0 saturated carbocycles. The second-order valence-corrected chi connectivity index (χ2v) is 6.94. The standard InChI is InChI=1S/C16H19ClN4O2S/c1-11-19-20-16(21(11)9-12-5-4-8-23-12)24-10-15(22)18-14-7-3-2-6-13(14)17/h2-3,6-7,12H,4-5,8-10H2,1H3,(H,18,22)/t12-/m1/s1. The summed E-state index contributed by atoms with van der Waals surface area (Å²) < 4.78 is 7.69. The van der Waals surface area contributed by atoms with E-state index in [2.05, 4.69) is 15.5 Å². The molecule has 2 heterocycles. The Balaban J connectivity index is 1.58. The van der Waals surface area contributed by atoms with Gasteiger partial charge in [-0.05, 0) is 31.9 Å². The van der Waals surface area contributed by atoms with Crippen molar-refractivity contribution in [3.8, 4) is 0 Å². The lowest BCUT2D eigenvalue weighted by atomic mass is 10.2. The molecule has 6 nitrogen and oxygen atoms in total. The third-order valence-corrected chi connectivity index (χ3v) is 5.09. The summed E-state index contributed by atoms with van der Waals surface area (Å²) in [5, 5.41) is 12.3. The van der Waals surface area contributed by atoms with E-state index in [-0.39, 0.29) is 17.8 Å². The number of hydrogen-bond acceptors (Lipinski definition) is 5. The topological polar surface area (TPSA) is 69.0 Å². The molecule has 24 heavy (non-hydrogen) atoms. The van der Waals surface area contributed by atoms with Crippen LogP contribution in [-0.4, -0.2) is 39.1 Å². The van der Waals surface area contributed by atoms with E-state index in [1.165, 1.54) is 11.8 Å². The molecule has 1 amide bonds. The van der Waals surface area contributed by atoms with Crippen molar-refractivity contribution in [2.75, 3.05) is 17.7 Å². The van der Waals surface area contributed by atoms with Crippen molar-refractivity contribution < 1.29 is 9.53 Å². The van der Waals surface area contributed by atoms with Crippen molar-refractivity contribution in [1.82, 2.24) is 14.8 Å². The monoisotopic (exact) mass is 366 g/mol. The maximum atomic E-state index is 12.1. The van der Waals surface area contributed by atoms with E-state index >= 15 is 0 Å². The Morgan fingerprint density at radius 1 is 1.46 bits per heavy atom. The first kappa shape index (κ1) is 17.3. The van der Waals surface area contributed by atoms with Gasteiger partial charge in [0.2, 0.25) is 5.91 Å². The quantitative estimate of drug-likeness (QED) is 0.795. The van der Waals surface area contributed by atoms with Crippen molar-refractivity contribution in [2.45, 2.75) is 37.6 Å². The van der Waals surface area contributed by atoms with E-state index in [1.807, 2.05) is 23.6 Å². The van der Waals surface area contributed by atoms with Crippen LogP contribution in [0.15, 0.2) is 29.4 Å². The van der Waals surface area contributed by atoms with Gasteiger partial charge in [-0.15, -0.1) is 10.2 Å². The van der Waals surface area contributed by atoms with E-state index < -0.39 is 0 Å². The number of carbonyl (C=O) groups excluding carboxylic acids is 1. The number of anilines is 1. The first-order chi connectivity index (χ1) is 11.6. The predicted molar refractivity (Wildman–Crippen MR) is 94.5 cm³/mol. The number of halogens is 1. The van der Waals surface area contributed by atoms with E-state index in [0.717, 1.165) is 37.0 Å². The van der Waals surface area contributed by atoms with Crippen LogP contribution in [0.1, 0.15) is 18.7 Å². The van der Waals surface area contributed by atoms with E-state index in [9.17, 15) is 4.79 Å². The van der Waals surface area contributed by atoms with Gasteiger partial charge >= 0.3 is 0 Å². The minimum atomic E-state index is -0.127. The van der Waals surface area contributed by atoms with Crippen LogP contribution in [-0.2, 0) is 16.1 Å². The zero-order valence-corrected chi connectivity index (χ0v) is 14.9. The summed E-state index contributed by atoms with van der Waals surface area (Å²) in [5.74, 6) is 0.950. The van der Waals surface area contributed by atoms with Crippen LogP contribution in [0.25, 0.3) is 0 Å². The summed E-state index contributed by atoms with van der Waals surface area (Å²) in [6, 6.07) is 7.17. The number of amides is 1. The number of carbonyl (C=O) groups is 1. The van der Waals surface area contributed by atoms with Gasteiger partial charge in [0.15, 0.2) is 5.16 Å². The van der Waals surface area contributed by atoms with Gasteiger partial charge in [-0.3, -0.25) is 4.79 Å². The van der Waals surface area contributed by atoms with Crippen molar-refractivity contribution in [3.05, 3.63) is 35.1 Å². The van der Waals surface area contributed by atoms with Crippen molar-refractivity contribution >= 4 is 35.0 Å². The molecule has 1 aliphatic rings. The maximum Gasteiger partial charge on any atom is 0.234 e. The number of aromatic nitrogens is 3. The molecule has 128 valence electrons. The van der Waals surface area contributed by atoms with Crippen molar-refractivity contribution in [1.29, 1.82) is 0 Å². The number of nitrogens with one attached hydrogen (secondary N) is 1. The molecule has 3 rings (SSSR count). The van der Waals surface area contributed by atoms with Gasteiger partial charge in [-0.1, -0.05) is 35.5 Å². The zero-order valence-electron chi connectivity index (χ0n) is 13.4. The van der Waals surface area contributed by atoms with Crippen LogP contribution < -0.4 is 5.32 Å². The van der Waals surface area contributed by atoms with Crippen LogP contribution in [0.2, 0.25) is 5.02 Å². The number of para-hydroxylation sites is 1. The predicted octanol–water partition coefficient (Wildman–Crippen LogP) is 3.15. The summed E-state index contributed by atoms with van der Waals surface area (Å²) in [5.41, 5.74) is 0.613. The average Bonchev–Trinajstić information content (AvgIpc) is 3.19. The molecule has 1 aliphatic heterocycles. The van der Waals surface area contributed by atoms with Gasteiger partial charge in [0.1, 0.15) is 5.82 Å². The number of rotatable bonds is 6. The highest BCUT2D eigenvalue weighted by molar-refractivity contribution is 7.99. The Bertz CT molecular complexity index is 716. The molecular formula is C16H19ClN4O2S. The van der Waals surface area contributed by atoms with Crippen molar-refractivity contribution in [2.24, 2.45) is 0 Å². The number of hydrogen-bond donors (Lipinski definition) is 1. The molecule has 2 aromatic rings. The molecule has 0 radical (unpaired) electrons. The average molecular weight is 367 g/mol. The third-order valence-electron chi connectivity index (χ3n) is 3.79. The fourth-order valence-electron chi connectivity index (χ4n) is 2.55. The number of thioether (sulfide) groups is 1. The summed E-state index contributed by atoms with van der Waals surface area (Å²) in [6.45, 7) is 3.46. The lowest BCUT2D eigenvalue weighted by Gasteiger charge is -2.13. The molecule has 8 heteroatoms. The summed E-state index contributed by atoms with van der Waals surface area (Å²) in [7, 11) is 0. The maximum absolute atomic E-state index is 12.1. The highest BCUT2D eigenvalue weighted by atomic mass is 35.5. The van der Waals surface area contributed by atoms with E-state index in [4.69, 9.17) is 16.3 Å². The van der Waals surface area contributed by atoms with E-state index in [1.54, 1.807) is 12.1 Å². The molecule has 1 aromatic heterocycles.